The molecule has 3 rings (SSSR count). The van der Waals surface area contributed by atoms with E-state index in [0.29, 0.717) is 44.1 Å². The second-order valence-corrected chi connectivity index (χ2v) is 12.3. The highest BCUT2D eigenvalue weighted by atomic mass is 28.3. The van der Waals surface area contributed by atoms with Gasteiger partial charge < -0.3 is 19.3 Å². The van der Waals surface area contributed by atoms with E-state index >= 15 is 0 Å². The van der Waals surface area contributed by atoms with Gasteiger partial charge in [-0.1, -0.05) is 25.6 Å². The maximum absolute atomic E-state index is 12.2. The van der Waals surface area contributed by atoms with E-state index in [-0.39, 0.29) is 12.2 Å². The summed E-state index contributed by atoms with van der Waals surface area (Å²) in [6.07, 6.45) is -0.240. The molecule has 0 radical (unpaired) electrons. The van der Waals surface area contributed by atoms with Crippen LogP contribution in [0.15, 0.2) is 18.2 Å². The molecule has 1 aromatic carbocycles. The highest BCUT2D eigenvalue weighted by molar-refractivity contribution is 6.83. The summed E-state index contributed by atoms with van der Waals surface area (Å²) < 4.78 is 16.5. The lowest BCUT2D eigenvalue weighted by Crippen LogP contribution is -2.25. The molecule has 2 heterocycles. The van der Waals surface area contributed by atoms with Gasteiger partial charge in [-0.25, -0.2) is 4.79 Å². The van der Waals surface area contributed by atoms with Crippen molar-refractivity contribution >= 4 is 19.9 Å². The Bertz CT molecular complexity index is 734. The van der Waals surface area contributed by atoms with Gasteiger partial charge in [0.25, 0.3) is 0 Å². The zero-order valence-corrected chi connectivity index (χ0v) is 16.4. The van der Waals surface area contributed by atoms with Crippen LogP contribution in [0.1, 0.15) is 12.8 Å². The summed E-state index contributed by atoms with van der Waals surface area (Å²) in [5.74, 6) is 4.25. The number of amides is 1. The van der Waals surface area contributed by atoms with Crippen LogP contribution in [0, 0.1) is 11.5 Å². The van der Waals surface area contributed by atoms with Gasteiger partial charge in [0.1, 0.15) is 33.5 Å². The van der Waals surface area contributed by atoms with Crippen molar-refractivity contribution in [1.82, 2.24) is 0 Å². The highest BCUT2D eigenvalue weighted by Gasteiger charge is 2.33. The number of anilines is 1. The monoisotopic (exact) mass is 375 g/mol. The lowest BCUT2D eigenvalue weighted by molar-refractivity contribution is 0.124. The fourth-order valence-electron chi connectivity index (χ4n) is 2.80. The molecule has 2 aliphatic heterocycles. The number of aliphatic hydroxyl groups is 1. The molecule has 26 heavy (non-hydrogen) atoms. The Morgan fingerprint density at radius 1 is 1.27 bits per heavy atom. The minimum atomic E-state index is -1.50. The number of ether oxygens (including phenoxy) is 3. The Morgan fingerprint density at radius 2 is 2.00 bits per heavy atom. The van der Waals surface area contributed by atoms with Crippen LogP contribution in [0.2, 0.25) is 19.6 Å². The van der Waals surface area contributed by atoms with E-state index in [1.54, 1.807) is 17.0 Å². The summed E-state index contributed by atoms with van der Waals surface area (Å²) >= 11 is 0. The van der Waals surface area contributed by atoms with Crippen molar-refractivity contribution in [2.45, 2.75) is 44.7 Å². The van der Waals surface area contributed by atoms with Crippen molar-refractivity contribution in [2.75, 3.05) is 24.7 Å². The summed E-state index contributed by atoms with van der Waals surface area (Å²) in [5.41, 5.74) is 3.89. The first-order valence-electron chi connectivity index (χ1n) is 8.90. The van der Waals surface area contributed by atoms with E-state index in [4.69, 9.17) is 14.2 Å². The average Bonchev–Trinajstić information content (AvgIpc) is 2.98. The normalized spacial score (nSPS) is 20.2. The van der Waals surface area contributed by atoms with Crippen LogP contribution >= 0.6 is 0 Å². The number of hydrogen-bond donors (Lipinski definition) is 1. The van der Waals surface area contributed by atoms with E-state index in [0.717, 1.165) is 5.69 Å². The number of nitrogens with zero attached hydrogens (tertiary/aromatic N) is 1. The van der Waals surface area contributed by atoms with Crippen LogP contribution in [0.25, 0.3) is 0 Å². The fraction of sp³-hybridized carbons (Fsp3) is 0.526. The van der Waals surface area contributed by atoms with E-state index in [1.807, 2.05) is 6.07 Å². The average molecular weight is 375 g/mol. The number of carbonyl (C=O) groups is 1. The Hall–Kier alpha value is -2.17. The molecule has 7 heteroatoms. The Balaban J connectivity index is 1.58. The Labute approximate surface area is 155 Å². The molecule has 1 aromatic rings. The minimum Gasteiger partial charge on any atom is -0.486 e. The van der Waals surface area contributed by atoms with Gasteiger partial charge in [0, 0.05) is 6.07 Å². The largest absolute Gasteiger partial charge is 0.486 e. The molecule has 2 aliphatic rings. The minimum absolute atomic E-state index is 0.251. The molecule has 1 amide bonds. The first kappa shape index (κ1) is 18.6. The third-order valence-electron chi connectivity index (χ3n) is 4.09. The highest BCUT2D eigenvalue weighted by Crippen LogP contribution is 2.35. The van der Waals surface area contributed by atoms with E-state index in [9.17, 15) is 9.90 Å². The molecule has 2 atom stereocenters. The quantitative estimate of drug-likeness (QED) is 0.647. The predicted molar refractivity (Wildman–Crippen MR) is 101 cm³/mol. The van der Waals surface area contributed by atoms with Gasteiger partial charge in [-0.2, -0.15) is 0 Å². The summed E-state index contributed by atoms with van der Waals surface area (Å²) in [4.78, 5) is 13.8. The summed E-state index contributed by atoms with van der Waals surface area (Å²) in [6, 6.07) is 5.43. The van der Waals surface area contributed by atoms with Gasteiger partial charge >= 0.3 is 6.09 Å². The molecular formula is C19H25NO5Si. The van der Waals surface area contributed by atoms with Crippen LogP contribution in [0.4, 0.5) is 10.5 Å². The lowest BCUT2D eigenvalue weighted by atomic mass is 10.1. The van der Waals surface area contributed by atoms with Gasteiger partial charge in [-0.05, 0) is 25.0 Å². The van der Waals surface area contributed by atoms with Crippen molar-refractivity contribution in [3.8, 4) is 23.0 Å². The molecule has 1 saturated heterocycles. The predicted octanol–water partition coefficient (Wildman–Crippen LogP) is 2.80. The number of cyclic esters (lactones) is 1. The molecule has 1 fully saturated rings. The van der Waals surface area contributed by atoms with Crippen molar-refractivity contribution in [3.05, 3.63) is 18.2 Å². The number of fused-ring (bicyclic) bond motifs is 1. The summed E-state index contributed by atoms with van der Waals surface area (Å²) in [7, 11) is -1.50. The maximum Gasteiger partial charge on any atom is 0.414 e. The SMILES string of the molecule is C[Si](C)(C)C#CC(O)CCC1CN(c2ccc3c(c2)OCCO3)C(=O)O1. The molecule has 0 bridgehead atoms. The van der Waals surface area contributed by atoms with Gasteiger partial charge in [0.05, 0.1) is 12.2 Å². The van der Waals surface area contributed by atoms with Crippen molar-refractivity contribution in [1.29, 1.82) is 0 Å². The number of aliphatic hydroxyl groups excluding tert-OH is 1. The van der Waals surface area contributed by atoms with E-state index in [1.165, 1.54) is 0 Å². The molecule has 6 nitrogen and oxygen atoms in total. The van der Waals surface area contributed by atoms with Crippen molar-refractivity contribution in [2.24, 2.45) is 0 Å². The third kappa shape index (κ3) is 4.71. The van der Waals surface area contributed by atoms with E-state index < -0.39 is 14.2 Å². The standard InChI is InChI=1S/C19H25NO5Si/c1-26(2,3)11-8-15(21)5-6-16-13-20(19(22)25-16)14-4-7-17-18(12-14)24-10-9-23-17/h4,7,12,15-16,21H,5-6,9-10,13H2,1-3H3. The Kier molecular flexibility index (Phi) is 5.44. The van der Waals surface area contributed by atoms with Crippen LogP contribution < -0.4 is 14.4 Å². The third-order valence-corrected chi connectivity index (χ3v) is 4.98. The topological polar surface area (TPSA) is 68.2 Å². The molecular weight excluding hydrogens is 350 g/mol. The fourth-order valence-corrected chi connectivity index (χ4v) is 3.40. The molecule has 140 valence electrons. The molecule has 0 saturated carbocycles. The van der Waals surface area contributed by atoms with Crippen LogP contribution in [0.5, 0.6) is 11.5 Å². The number of rotatable bonds is 4. The summed E-state index contributed by atoms with van der Waals surface area (Å²) in [6.45, 7) is 7.89. The first-order valence-corrected chi connectivity index (χ1v) is 12.4. The zero-order valence-electron chi connectivity index (χ0n) is 15.4. The first-order chi connectivity index (χ1) is 12.3. The zero-order chi connectivity index (χ0) is 18.7. The molecule has 1 N–H and O–H groups in total. The second kappa shape index (κ2) is 7.60. The van der Waals surface area contributed by atoms with Crippen molar-refractivity contribution in [3.63, 3.8) is 0 Å². The number of benzene rings is 1. The van der Waals surface area contributed by atoms with Crippen molar-refractivity contribution < 1.29 is 24.1 Å². The van der Waals surface area contributed by atoms with Crippen LogP contribution in [-0.2, 0) is 4.74 Å². The number of hydrogen-bond acceptors (Lipinski definition) is 5. The van der Waals surface area contributed by atoms with Gasteiger partial charge in [0.2, 0.25) is 0 Å². The lowest BCUT2D eigenvalue weighted by Gasteiger charge is -2.21. The van der Waals surface area contributed by atoms with Crippen LogP contribution in [0.3, 0.4) is 0 Å². The van der Waals surface area contributed by atoms with Gasteiger partial charge in [0.15, 0.2) is 11.5 Å². The molecule has 2 unspecified atom stereocenters. The maximum atomic E-state index is 12.2. The smallest absolute Gasteiger partial charge is 0.414 e. The van der Waals surface area contributed by atoms with Crippen LogP contribution in [-0.4, -0.2) is 51.2 Å². The Morgan fingerprint density at radius 3 is 2.73 bits per heavy atom. The number of carbonyl (C=O) groups excluding carboxylic acids is 1. The molecule has 0 aliphatic carbocycles. The summed E-state index contributed by atoms with van der Waals surface area (Å²) in [5, 5.41) is 10.0. The second-order valence-electron chi connectivity index (χ2n) is 7.56. The molecule has 0 spiro atoms. The molecule has 0 aromatic heterocycles. The van der Waals surface area contributed by atoms with Gasteiger partial charge in [-0.3, -0.25) is 4.90 Å². The van der Waals surface area contributed by atoms with E-state index in [2.05, 4.69) is 31.1 Å². The van der Waals surface area contributed by atoms with Gasteiger partial charge in [-0.15, -0.1) is 5.54 Å².